The fraction of sp³-hybridized carbons (Fsp3) is 0.381. The second-order valence-electron chi connectivity index (χ2n) is 7.64. The van der Waals surface area contributed by atoms with E-state index in [2.05, 4.69) is 4.72 Å². The van der Waals surface area contributed by atoms with Gasteiger partial charge in [-0.25, -0.2) is 13.1 Å². The number of carbonyl (C=O) groups excluding carboxylic acids is 1. The van der Waals surface area contributed by atoms with Gasteiger partial charge in [0, 0.05) is 31.1 Å². The Morgan fingerprint density at radius 3 is 2.52 bits per heavy atom. The van der Waals surface area contributed by atoms with Gasteiger partial charge >= 0.3 is 0 Å². The highest BCUT2D eigenvalue weighted by Crippen LogP contribution is 2.30. The highest BCUT2D eigenvalue weighted by Gasteiger charge is 2.26. The van der Waals surface area contributed by atoms with Crippen LogP contribution in [-0.4, -0.2) is 27.4 Å². The van der Waals surface area contributed by atoms with Crippen LogP contribution in [0.1, 0.15) is 38.3 Å². The molecule has 6 heteroatoms. The smallest absolute Gasteiger partial charge is 0.240 e. The van der Waals surface area contributed by atoms with Gasteiger partial charge in [-0.15, -0.1) is 0 Å². The Hall–Kier alpha value is -2.18. The van der Waals surface area contributed by atoms with E-state index in [1.165, 1.54) is 6.92 Å². The maximum Gasteiger partial charge on any atom is 0.240 e. The summed E-state index contributed by atoms with van der Waals surface area (Å²) in [7, 11) is -3.63. The number of fused-ring (bicyclic) bond motifs is 1. The van der Waals surface area contributed by atoms with E-state index in [4.69, 9.17) is 0 Å². The van der Waals surface area contributed by atoms with Crippen LogP contribution in [0, 0.1) is 0 Å². The summed E-state index contributed by atoms with van der Waals surface area (Å²) in [5.74, 6) is -0.0192. The number of amides is 1. The molecule has 2 aromatic rings. The number of carbonyl (C=O) groups is 1. The number of nitrogens with one attached hydrogen (secondary N) is 1. The minimum absolute atomic E-state index is 0.0192. The SMILES string of the molecule is CC(=O)N1CCCc2cc(S(=O)(=O)NCC(C)(C)c3ccccc3)ccc21. The predicted molar refractivity (Wildman–Crippen MR) is 107 cm³/mol. The monoisotopic (exact) mass is 386 g/mol. The number of hydrogen-bond acceptors (Lipinski definition) is 3. The van der Waals surface area contributed by atoms with Crippen LogP contribution in [0.2, 0.25) is 0 Å². The Labute approximate surface area is 161 Å². The lowest BCUT2D eigenvalue weighted by Gasteiger charge is -2.29. The standard InChI is InChI=1S/C21H26N2O3S/c1-16(24)23-13-7-8-17-14-19(11-12-20(17)23)27(25,26)22-15-21(2,3)18-9-5-4-6-10-18/h4-6,9-12,14,22H,7-8,13,15H2,1-3H3. The van der Waals surface area contributed by atoms with Crippen molar-refractivity contribution in [2.45, 2.75) is 43.9 Å². The predicted octanol–water partition coefficient (Wildman–Crippen LogP) is 3.24. The number of hydrogen-bond donors (Lipinski definition) is 1. The van der Waals surface area contributed by atoms with Gasteiger partial charge < -0.3 is 4.90 Å². The van der Waals surface area contributed by atoms with E-state index in [9.17, 15) is 13.2 Å². The summed E-state index contributed by atoms with van der Waals surface area (Å²) in [6.45, 7) is 6.55. The summed E-state index contributed by atoms with van der Waals surface area (Å²) in [4.78, 5) is 13.7. The van der Waals surface area contributed by atoms with Crippen LogP contribution in [0.25, 0.3) is 0 Å². The van der Waals surface area contributed by atoms with Gasteiger partial charge in [-0.1, -0.05) is 44.2 Å². The largest absolute Gasteiger partial charge is 0.312 e. The van der Waals surface area contributed by atoms with Crippen LogP contribution >= 0.6 is 0 Å². The molecule has 5 nitrogen and oxygen atoms in total. The molecule has 0 saturated heterocycles. The van der Waals surface area contributed by atoms with E-state index in [0.717, 1.165) is 29.7 Å². The normalized spacial score (nSPS) is 14.7. The Kier molecular flexibility index (Phi) is 5.40. The Morgan fingerprint density at radius 2 is 1.85 bits per heavy atom. The fourth-order valence-electron chi connectivity index (χ4n) is 3.42. The maximum atomic E-state index is 12.8. The highest BCUT2D eigenvalue weighted by atomic mass is 32.2. The number of anilines is 1. The summed E-state index contributed by atoms with van der Waals surface area (Å²) in [5.41, 5.74) is 2.47. The summed E-state index contributed by atoms with van der Waals surface area (Å²) in [6, 6.07) is 14.9. The molecule has 0 radical (unpaired) electrons. The molecule has 0 spiro atoms. The van der Waals surface area contributed by atoms with Crippen molar-refractivity contribution < 1.29 is 13.2 Å². The third-order valence-electron chi connectivity index (χ3n) is 5.12. The third kappa shape index (κ3) is 4.22. The number of nitrogens with zero attached hydrogens (tertiary/aromatic N) is 1. The molecule has 0 atom stereocenters. The zero-order valence-electron chi connectivity index (χ0n) is 16.0. The Morgan fingerprint density at radius 1 is 1.15 bits per heavy atom. The van der Waals surface area contributed by atoms with Crippen LogP contribution in [0.4, 0.5) is 5.69 Å². The molecule has 0 aromatic heterocycles. The zero-order chi connectivity index (χ0) is 19.7. The quantitative estimate of drug-likeness (QED) is 0.858. The fourth-order valence-corrected chi connectivity index (χ4v) is 4.68. The average molecular weight is 387 g/mol. The first-order valence-corrected chi connectivity index (χ1v) is 10.7. The molecule has 144 valence electrons. The van der Waals surface area contributed by atoms with Crippen LogP contribution in [0.3, 0.4) is 0 Å². The van der Waals surface area contributed by atoms with Gasteiger partial charge in [0.1, 0.15) is 0 Å². The molecule has 0 aliphatic carbocycles. The Balaban J connectivity index is 1.80. The van der Waals surface area contributed by atoms with Crippen molar-refractivity contribution in [1.82, 2.24) is 4.72 Å². The van der Waals surface area contributed by atoms with E-state index in [1.54, 1.807) is 23.1 Å². The van der Waals surface area contributed by atoms with E-state index >= 15 is 0 Å². The molecule has 1 heterocycles. The van der Waals surface area contributed by atoms with Crippen LogP contribution in [0.15, 0.2) is 53.4 Å². The minimum atomic E-state index is -3.63. The van der Waals surface area contributed by atoms with Crippen molar-refractivity contribution >= 4 is 21.6 Å². The lowest BCUT2D eigenvalue weighted by molar-refractivity contribution is -0.116. The summed E-state index contributed by atoms with van der Waals surface area (Å²) in [6.07, 6.45) is 1.61. The molecule has 27 heavy (non-hydrogen) atoms. The Bertz CT molecular complexity index is 937. The molecule has 0 fully saturated rings. The van der Waals surface area contributed by atoms with Gasteiger partial charge in [0.15, 0.2) is 0 Å². The van der Waals surface area contributed by atoms with E-state index < -0.39 is 10.0 Å². The van der Waals surface area contributed by atoms with Gasteiger partial charge in [0.05, 0.1) is 4.90 Å². The molecule has 0 saturated carbocycles. The third-order valence-corrected chi connectivity index (χ3v) is 6.52. The van der Waals surface area contributed by atoms with Gasteiger partial charge in [-0.2, -0.15) is 0 Å². The first-order chi connectivity index (χ1) is 12.7. The highest BCUT2D eigenvalue weighted by molar-refractivity contribution is 7.89. The molecular formula is C21H26N2O3S. The van der Waals surface area contributed by atoms with E-state index in [-0.39, 0.29) is 16.2 Å². The summed E-state index contributed by atoms with van der Waals surface area (Å²) in [5, 5.41) is 0. The van der Waals surface area contributed by atoms with Crippen molar-refractivity contribution in [2.75, 3.05) is 18.0 Å². The van der Waals surface area contributed by atoms with Crippen LogP contribution in [0.5, 0.6) is 0 Å². The van der Waals surface area contributed by atoms with Crippen molar-refractivity contribution in [2.24, 2.45) is 0 Å². The van der Waals surface area contributed by atoms with Crippen molar-refractivity contribution in [3.8, 4) is 0 Å². The molecule has 1 aliphatic heterocycles. The maximum absolute atomic E-state index is 12.8. The van der Waals surface area contributed by atoms with Gasteiger partial charge in [0.2, 0.25) is 15.9 Å². The van der Waals surface area contributed by atoms with Gasteiger partial charge in [-0.05, 0) is 42.2 Å². The number of aryl methyl sites for hydroxylation is 1. The van der Waals surface area contributed by atoms with E-state index in [1.807, 2.05) is 44.2 Å². The average Bonchev–Trinajstić information content (AvgIpc) is 2.66. The summed E-state index contributed by atoms with van der Waals surface area (Å²) < 4.78 is 28.4. The molecular weight excluding hydrogens is 360 g/mol. The lowest BCUT2D eigenvalue weighted by Crippen LogP contribution is -2.37. The number of sulfonamides is 1. The van der Waals surface area contributed by atoms with Crippen molar-refractivity contribution in [3.05, 3.63) is 59.7 Å². The molecule has 0 bridgehead atoms. The topological polar surface area (TPSA) is 66.5 Å². The first kappa shape index (κ1) is 19.6. The molecule has 3 rings (SSSR count). The molecule has 1 amide bonds. The minimum Gasteiger partial charge on any atom is -0.312 e. The van der Waals surface area contributed by atoms with Gasteiger partial charge in [0.25, 0.3) is 0 Å². The summed E-state index contributed by atoms with van der Waals surface area (Å²) >= 11 is 0. The molecule has 1 aliphatic rings. The first-order valence-electron chi connectivity index (χ1n) is 9.17. The second kappa shape index (κ2) is 7.44. The van der Waals surface area contributed by atoms with Crippen molar-refractivity contribution in [1.29, 1.82) is 0 Å². The number of benzene rings is 2. The van der Waals surface area contributed by atoms with Crippen LogP contribution in [-0.2, 0) is 26.7 Å². The second-order valence-corrected chi connectivity index (χ2v) is 9.41. The lowest BCUT2D eigenvalue weighted by atomic mass is 9.85. The van der Waals surface area contributed by atoms with Gasteiger partial charge in [-0.3, -0.25) is 4.79 Å². The van der Waals surface area contributed by atoms with Crippen LogP contribution < -0.4 is 9.62 Å². The van der Waals surface area contributed by atoms with E-state index in [0.29, 0.717) is 13.1 Å². The molecule has 0 unspecified atom stereocenters. The molecule has 1 N–H and O–H groups in total. The van der Waals surface area contributed by atoms with Crippen molar-refractivity contribution in [3.63, 3.8) is 0 Å². The zero-order valence-corrected chi connectivity index (χ0v) is 16.8. The number of rotatable bonds is 5. The molecule has 2 aromatic carbocycles.